The number of likely N-dealkylation sites (tertiary alicyclic amines) is 1. The molecule has 1 aromatic rings. The topological polar surface area (TPSA) is 75.4 Å². The number of rotatable bonds is 3. The Morgan fingerprint density at radius 1 is 1.25 bits per heavy atom. The van der Waals surface area contributed by atoms with Crippen molar-refractivity contribution in [3.05, 3.63) is 35.4 Å². The minimum Gasteiger partial charge on any atom is -0.359 e. The number of nitrogens with one attached hydrogen (secondary N) is 1. The smallest absolute Gasteiger partial charge is 0.253 e. The van der Waals surface area contributed by atoms with Crippen molar-refractivity contribution < 1.29 is 9.59 Å². The lowest BCUT2D eigenvalue weighted by Gasteiger charge is -2.31. The zero-order chi connectivity index (χ0) is 14.5. The van der Waals surface area contributed by atoms with Crippen molar-refractivity contribution in [2.24, 2.45) is 11.7 Å². The first-order valence-electron chi connectivity index (χ1n) is 6.95. The summed E-state index contributed by atoms with van der Waals surface area (Å²) in [6.45, 7) is 1.75. The second kappa shape index (κ2) is 6.52. The van der Waals surface area contributed by atoms with Gasteiger partial charge in [0.15, 0.2) is 0 Å². The van der Waals surface area contributed by atoms with E-state index in [9.17, 15) is 9.59 Å². The van der Waals surface area contributed by atoms with Crippen molar-refractivity contribution in [2.75, 3.05) is 20.1 Å². The fourth-order valence-electron chi connectivity index (χ4n) is 2.51. The summed E-state index contributed by atoms with van der Waals surface area (Å²) < 4.78 is 0. The number of carbonyl (C=O) groups excluding carboxylic acids is 2. The lowest BCUT2D eigenvalue weighted by Crippen LogP contribution is -2.42. The zero-order valence-corrected chi connectivity index (χ0v) is 11.8. The zero-order valence-electron chi connectivity index (χ0n) is 11.8. The van der Waals surface area contributed by atoms with Crippen LogP contribution in [0.2, 0.25) is 0 Å². The highest BCUT2D eigenvalue weighted by Crippen LogP contribution is 2.19. The van der Waals surface area contributed by atoms with Crippen molar-refractivity contribution in [3.8, 4) is 0 Å². The van der Waals surface area contributed by atoms with Gasteiger partial charge in [-0.25, -0.2) is 0 Å². The monoisotopic (exact) mass is 275 g/mol. The van der Waals surface area contributed by atoms with E-state index in [1.807, 2.05) is 29.2 Å². The second-order valence-corrected chi connectivity index (χ2v) is 5.08. The number of piperidine rings is 1. The summed E-state index contributed by atoms with van der Waals surface area (Å²) in [4.78, 5) is 25.7. The Hall–Kier alpha value is -1.88. The van der Waals surface area contributed by atoms with Gasteiger partial charge in [-0.3, -0.25) is 9.59 Å². The van der Waals surface area contributed by atoms with E-state index in [1.54, 1.807) is 7.05 Å². The lowest BCUT2D eigenvalue weighted by molar-refractivity contribution is -0.125. The largest absolute Gasteiger partial charge is 0.359 e. The molecule has 0 unspecified atom stereocenters. The normalized spacial score (nSPS) is 16.0. The predicted octanol–water partition coefficient (Wildman–Crippen LogP) is 0.743. The van der Waals surface area contributed by atoms with Crippen LogP contribution in [0.3, 0.4) is 0 Å². The molecule has 1 fully saturated rings. The van der Waals surface area contributed by atoms with Gasteiger partial charge in [0.1, 0.15) is 0 Å². The Balaban J connectivity index is 1.95. The molecule has 0 aromatic heterocycles. The molecular weight excluding hydrogens is 254 g/mol. The minimum absolute atomic E-state index is 0.0312. The molecule has 0 bridgehead atoms. The van der Waals surface area contributed by atoms with Crippen molar-refractivity contribution in [3.63, 3.8) is 0 Å². The maximum atomic E-state index is 12.3. The van der Waals surface area contributed by atoms with Crippen LogP contribution < -0.4 is 11.1 Å². The van der Waals surface area contributed by atoms with Crippen LogP contribution in [-0.4, -0.2) is 36.9 Å². The number of benzene rings is 1. The van der Waals surface area contributed by atoms with Gasteiger partial charge >= 0.3 is 0 Å². The van der Waals surface area contributed by atoms with E-state index in [1.165, 1.54) is 0 Å². The van der Waals surface area contributed by atoms with Crippen molar-refractivity contribution in [1.29, 1.82) is 0 Å². The summed E-state index contributed by atoms with van der Waals surface area (Å²) in [6.07, 6.45) is 1.46. The highest BCUT2D eigenvalue weighted by atomic mass is 16.2. The highest BCUT2D eigenvalue weighted by Gasteiger charge is 2.27. The summed E-state index contributed by atoms with van der Waals surface area (Å²) in [7, 11) is 1.65. The summed E-state index contributed by atoms with van der Waals surface area (Å²) in [5.74, 6) is 0.136. The molecule has 0 atom stereocenters. The van der Waals surface area contributed by atoms with Gasteiger partial charge in [0, 0.05) is 38.2 Å². The van der Waals surface area contributed by atoms with E-state index in [4.69, 9.17) is 5.73 Å². The van der Waals surface area contributed by atoms with Crippen LogP contribution in [0, 0.1) is 5.92 Å². The molecule has 0 spiro atoms. The summed E-state index contributed by atoms with van der Waals surface area (Å²) in [5.41, 5.74) is 7.24. The van der Waals surface area contributed by atoms with Gasteiger partial charge in [0.2, 0.25) is 5.91 Å². The first kappa shape index (κ1) is 14.5. The average Bonchev–Trinajstić information content (AvgIpc) is 2.53. The standard InChI is InChI=1S/C15H21N3O2/c1-17-14(19)12-6-8-18(9-7-12)15(20)13-4-2-11(10-16)3-5-13/h2-5,12H,6-10,16H2,1H3,(H,17,19). The molecule has 1 aromatic carbocycles. The minimum atomic E-state index is 0.0312. The highest BCUT2D eigenvalue weighted by molar-refractivity contribution is 5.94. The molecule has 1 saturated heterocycles. The molecule has 0 radical (unpaired) electrons. The quantitative estimate of drug-likeness (QED) is 0.854. The van der Waals surface area contributed by atoms with Crippen LogP contribution in [0.15, 0.2) is 24.3 Å². The Morgan fingerprint density at radius 2 is 1.85 bits per heavy atom. The van der Waals surface area contributed by atoms with E-state index in [0.717, 1.165) is 18.4 Å². The third kappa shape index (κ3) is 3.17. The number of hydrogen-bond donors (Lipinski definition) is 2. The van der Waals surface area contributed by atoms with Crippen LogP contribution >= 0.6 is 0 Å². The molecule has 0 aliphatic carbocycles. The fraction of sp³-hybridized carbons (Fsp3) is 0.467. The summed E-state index contributed by atoms with van der Waals surface area (Å²) in [6, 6.07) is 7.39. The van der Waals surface area contributed by atoms with Crippen LogP contribution in [0.1, 0.15) is 28.8 Å². The predicted molar refractivity (Wildman–Crippen MR) is 77.0 cm³/mol. The molecular formula is C15H21N3O2. The van der Waals surface area contributed by atoms with E-state index in [0.29, 0.717) is 25.2 Å². The average molecular weight is 275 g/mol. The number of hydrogen-bond acceptors (Lipinski definition) is 3. The van der Waals surface area contributed by atoms with Gasteiger partial charge in [-0.2, -0.15) is 0 Å². The molecule has 2 rings (SSSR count). The Morgan fingerprint density at radius 3 is 2.35 bits per heavy atom. The van der Waals surface area contributed by atoms with Gasteiger partial charge in [-0.05, 0) is 30.5 Å². The SMILES string of the molecule is CNC(=O)C1CCN(C(=O)c2ccc(CN)cc2)CC1. The lowest BCUT2D eigenvalue weighted by atomic mass is 9.95. The molecule has 3 N–H and O–H groups in total. The van der Waals surface area contributed by atoms with E-state index >= 15 is 0 Å². The van der Waals surface area contributed by atoms with Crippen LogP contribution in [-0.2, 0) is 11.3 Å². The van der Waals surface area contributed by atoms with Crippen molar-refractivity contribution in [1.82, 2.24) is 10.2 Å². The molecule has 20 heavy (non-hydrogen) atoms. The number of nitrogens with zero attached hydrogens (tertiary/aromatic N) is 1. The molecule has 1 aliphatic rings. The van der Waals surface area contributed by atoms with Crippen LogP contribution in [0.5, 0.6) is 0 Å². The van der Waals surface area contributed by atoms with Crippen molar-refractivity contribution >= 4 is 11.8 Å². The Labute approximate surface area is 119 Å². The van der Waals surface area contributed by atoms with Crippen molar-refractivity contribution in [2.45, 2.75) is 19.4 Å². The molecule has 5 heteroatoms. The van der Waals surface area contributed by atoms with E-state index < -0.39 is 0 Å². The Kier molecular flexibility index (Phi) is 4.74. The fourth-order valence-corrected chi connectivity index (χ4v) is 2.51. The first-order chi connectivity index (χ1) is 9.65. The summed E-state index contributed by atoms with van der Waals surface area (Å²) >= 11 is 0. The molecule has 108 valence electrons. The molecule has 0 saturated carbocycles. The van der Waals surface area contributed by atoms with Gasteiger partial charge in [0.05, 0.1) is 0 Å². The Bertz CT molecular complexity index is 476. The maximum absolute atomic E-state index is 12.3. The molecule has 1 heterocycles. The number of carbonyl (C=O) groups is 2. The molecule has 1 aliphatic heterocycles. The van der Waals surface area contributed by atoms with Crippen LogP contribution in [0.25, 0.3) is 0 Å². The van der Waals surface area contributed by atoms with Gasteiger partial charge < -0.3 is 16.0 Å². The molecule has 2 amide bonds. The number of nitrogens with two attached hydrogens (primary N) is 1. The third-order valence-electron chi connectivity index (χ3n) is 3.84. The van der Waals surface area contributed by atoms with Crippen LogP contribution in [0.4, 0.5) is 0 Å². The van der Waals surface area contributed by atoms with Gasteiger partial charge in [-0.1, -0.05) is 12.1 Å². The second-order valence-electron chi connectivity index (χ2n) is 5.08. The summed E-state index contributed by atoms with van der Waals surface area (Å²) in [5, 5.41) is 2.67. The van der Waals surface area contributed by atoms with E-state index in [2.05, 4.69) is 5.32 Å². The maximum Gasteiger partial charge on any atom is 0.253 e. The first-order valence-corrected chi connectivity index (χ1v) is 6.95. The third-order valence-corrected chi connectivity index (χ3v) is 3.84. The van der Waals surface area contributed by atoms with E-state index in [-0.39, 0.29) is 17.7 Å². The van der Waals surface area contributed by atoms with Gasteiger partial charge in [0.25, 0.3) is 5.91 Å². The number of amides is 2. The van der Waals surface area contributed by atoms with Gasteiger partial charge in [-0.15, -0.1) is 0 Å². The molecule has 5 nitrogen and oxygen atoms in total.